The number of aromatic amines is 1. The lowest BCUT2D eigenvalue weighted by atomic mass is 10.1. The molecule has 0 saturated heterocycles. The highest BCUT2D eigenvalue weighted by Crippen LogP contribution is 2.29. The first-order valence-corrected chi connectivity index (χ1v) is 8.08. The van der Waals surface area contributed by atoms with Crippen LogP contribution in [0.25, 0.3) is 27.8 Å². The third kappa shape index (κ3) is 2.88. The zero-order valence-electron chi connectivity index (χ0n) is 13.2. The van der Waals surface area contributed by atoms with E-state index in [0.29, 0.717) is 16.4 Å². The Morgan fingerprint density at radius 1 is 1.31 bits per heavy atom. The Hall–Kier alpha value is -3.00. The minimum atomic E-state index is -2.61. The van der Waals surface area contributed by atoms with Crippen molar-refractivity contribution in [3.8, 4) is 11.1 Å². The van der Waals surface area contributed by atoms with Crippen molar-refractivity contribution >= 4 is 34.2 Å². The van der Waals surface area contributed by atoms with Crippen LogP contribution in [-0.4, -0.2) is 38.2 Å². The highest BCUT2D eigenvalue weighted by atomic mass is 35.5. The fourth-order valence-electron chi connectivity index (χ4n) is 2.79. The highest BCUT2D eigenvalue weighted by molar-refractivity contribution is 6.29. The molecule has 0 spiro atoms. The lowest BCUT2D eigenvalue weighted by Crippen LogP contribution is -2.29. The van der Waals surface area contributed by atoms with E-state index >= 15 is 0 Å². The van der Waals surface area contributed by atoms with Gasteiger partial charge < -0.3 is 10.3 Å². The number of nitrogens with one attached hydrogen (secondary N) is 2. The molecule has 0 bridgehead atoms. The molecule has 4 aromatic rings. The number of pyridine rings is 2. The number of H-pyrrole nitrogens is 1. The van der Waals surface area contributed by atoms with Crippen molar-refractivity contribution in [3.63, 3.8) is 0 Å². The van der Waals surface area contributed by atoms with Crippen molar-refractivity contribution in [1.29, 1.82) is 0 Å². The van der Waals surface area contributed by atoms with E-state index in [1.54, 1.807) is 28.9 Å². The second-order valence-corrected chi connectivity index (χ2v) is 6.01. The van der Waals surface area contributed by atoms with Crippen molar-refractivity contribution in [3.05, 3.63) is 53.7 Å². The van der Waals surface area contributed by atoms with Crippen LogP contribution >= 0.6 is 11.6 Å². The van der Waals surface area contributed by atoms with E-state index in [4.69, 9.17) is 11.6 Å². The Kier molecular flexibility index (Phi) is 4.04. The van der Waals surface area contributed by atoms with Gasteiger partial charge >= 0.3 is 0 Å². The van der Waals surface area contributed by atoms with E-state index in [0.717, 1.165) is 16.5 Å². The summed E-state index contributed by atoms with van der Waals surface area (Å²) in [6, 6.07) is 7.16. The molecule has 6 nitrogen and oxygen atoms in total. The molecule has 4 rings (SSSR count). The summed E-state index contributed by atoms with van der Waals surface area (Å²) in [5.41, 5.74) is 3.06. The Balaban J connectivity index is 1.77. The number of nitrogens with zero attached hydrogens (tertiary/aromatic N) is 3. The van der Waals surface area contributed by atoms with Crippen molar-refractivity contribution in [2.45, 2.75) is 6.43 Å². The van der Waals surface area contributed by atoms with Gasteiger partial charge in [0.1, 0.15) is 22.1 Å². The van der Waals surface area contributed by atoms with Crippen LogP contribution in [0, 0.1) is 0 Å². The monoisotopic (exact) mass is 375 g/mol. The van der Waals surface area contributed by atoms with Gasteiger partial charge in [0.25, 0.3) is 12.3 Å². The SMILES string of the molecule is O=C(NCC(F)F)c1cnc2ccc(-c3c[nH]c4nc(Cl)ccc34)cn12. The summed E-state index contributed by atoms with van der Waals surface area (Å²) < 4.78 is 26.2. The first kappa shape index (κ1) is 16.5. The van der Waals surface area contributed by atoms with Crippen LogP contribution in [0.1, 0.15) is 10.5 Å². The van der Waals surface area contributed by atoms with E-state index in [1.165, 1.54) is 6.20 Å². The minimum Gasteiger partial charge on any atom is -0.345 e. The number of hydrogen-bond donors (Lipinski definition) is 2. The van der Waals surface area contributed by atoms with Gasteiger partial charge in [-0.1, -0.05) is 11.6 Å². The highest BCUT2D eigenvalue weighted by Gasteiger charge is 2.15. The fraction of sp³-hybridized carbons (Fsp3) is 0.118. The fourth-order valence-corrected chi connectivity index (χ4v) is 2.94. The molecule has 9 heteroatoms. The Morgan fingerprint density at radius 3 is 2.96 bits per heavy atom. The second kappa shape index (κ2) is 6.38. The number of aromatic nitrogens is 4. The van der Waals surface area contributed by atoms with Crippen LogP contribution < -0.4 is 5.32 Å². The molecule has 26 heavy (non-hydrogen) atoms. The predicted molar refractivity (Wildman–Crippen MR) is 93.6 cm³/mol. The molecule has 0 aliphatic rings. The van der Waals surface area contributed by atoms with E-state index in [2.05, 4.69) is 20.3 Å². The van der Waals surface area contributed by atoms with Gasteiger partial charge in [0.2, 0.25) is 0 Å². The van der Waals surface area contributed by atoms with Crippen LogP contribution in [0.4, 0.5) is 8.78 Å². The third-order valence-electron chi connectivity index (χ3n) is 3.97. The lowest BCUT2D eigenvalue weighted by molar-refractivity contribution is 0.0886. The maximum absolute atomic E-state index is 12.3. The molecule has 0 radical (unpaired) electrons. The van der Waals surface area contributed by atoms with Crippen LogP contribution in [0.15, 0.2) is 42.9 Å². The van der Waals surface area contributed by atoms with Crippen molar-refractivity contribution < 1.29 is 13.6 Å². The number of amides is 1. The van der Waals surface area contributed by atoms with Crippen LogP contribution in [0.3, 0.4) is 0 Å². The maximum Gasteiger partial charge on any atom is 0.270 e. The molecule has 4 heterocycles. The van der Waals surface area contributed by atoms with E-state index < -0.39 is 18.9 Å². The molecule has 0 fully saturated rings. The van der Waals surface area contributed by atoms with Gasteiger partial charge in [0.05, 0.1) is 12.7 Å². The summed E-state index contributed by atoms with van der Waals surface area (Å²) in [4.78, 5) is 23.5. The van der Waals surface area contributed by atoms with Gasteiger partial charge in [-0.15, -0.1) is 0 Å². The molecule has 1 amide bonds. The van der Waals surface area contributed by atoms with E-state index in [1.807, 2.05) is 12.1 Å². The summed E-state index contributed by atoms with van der Waals surface area (Å²) in [5.74, 6) is -0.609. The largest absolute Gasteiger partial charge is 0.345 e. The standard InChI is InChI=1S/C17H12ClF2N5O/c18-13-3-2-10-11(5-22-16(10)24-13)9-1-4-15-21-6-12(25(15)8-9)17(26)23-7-14(19)20/h1-6,8,14H,7H2,(H,22,24)(H,23,26). The third-order valence-corrected chi connectivity index (χ3v) is 4.18. The predicted octanol–water partition coefficient (Wildman–Crippen LogP) is 3.53. The van der Waals surface area contributed by atoms with Crippen molar-refractivity contribution in [1.82, 2.24) is 24.7 Å². The average molecular weight is 376 g/mol. The molecule has 0 atom stereocenters. The number of imidazole rings is 1. The zero-order valence-corrected chi connectivity index (χ0v) is 14.0. The summed E-state index contributed by atoms with van der Waals surface area (Å²) in [6.45, 7) is -0.708. The lowest BCUT2D eigenvalue weighted by Gasteiger charge is -2.06. The molecule has 132 valence electrons. The molecular formula is C17H12ClF2N5O. The van der Waals surface area contributed by atoms with Crippen LogP contribution in [0.2, 0.25) is 5.15 Å². The molecule has 2 N–H and O–H groups in total. The minimum absolute atomic E-state index is 0.184. The number of halogens is 3. The number of fused-ring (bicyclic) bond motifs is 2. The molecule has 0 aromatic carbocycles. The van der Waals surface area contributed by atoms with Crippen molar-refractivity contribution in [2.24, 2.45) is 0 Å². The first-order valence-electron chi connectivity index (χ1n) is 7.70. The molecule has 0 aliphatic heterocycles. The molecule has 4 aromatic heterocycles. The van der Waals surface area contributed by atoms with E-state index in [9.17, 15) is 13.6 Å². The van der Waals surface area contributed by atoms with Gasteiger partial charge in [-0.3, -0.25) is 9.20 Å². The Labute approximate surface area is 150 Å². The molecular weight excluding hydrogens is 364 g/mol. The summed E-state index contributed by atoms with van der Waals surface area (Å²) in [5, 5.41) is 3.44. The second-order valence-electron chi connectivity index (χ2n) is 5.62. The average Bonchev–Trinajstić information content (AvgIpc) is 3.22. The maximum atomic E-state index is 12.3. The van der Waals surface area contributed by atoms with Crippen LogP contribution in [0.5, 0.6) is 0 Å². The smallest absolute Gasteiger partial charge is 0.270 e. The number of carbonyl (C=O) groups excluding carboxylic acids is 1. The van der Waals surface area contributed by atoms with Gasteiger partial charge in [0, 0.05) is 28.9 Å². The quantitative estimate of drug-likeness (QED) is 0.536. The number of alkyl halides is 2. The summed E-state index contributed by atoms with van der Waals surface area (Å²) >= 11 is 5.90. The Bertz CT molecular complexity index is 1120. The van der Waals surface area contributed by atoms with Gasteiger partial charge in [-0.05, 0) is 24.3 Å². The molecule has 0 unspecified atom stereocenters. The Morgan fingerprint density at radius 2 is 2.15 bits per heavy atom. The molecule has 0 aliphatic carbocycles. The van der Waals surface area contributed by atoms with E-state index in [-0.39, 0.29) is 5.69 Å². The number of carbonyl (C=O) groups is 1. The topological polar surface area (TPSA) is 75.1 Å². The summed E-state index contributed by atoms with van der Waals surface area (Å²) in [6.07, 6.45) is 2.27. The van der Waals surface area contributed by atoms with Gasteiger partial charge in [-0.25, -0.2) is 18.7 Å². The van der Waals surface area contributed by atoms with Crippen LogP contribution in [-0.2, 0) is 0 Å². The molecule has 0 saturated carbocycles. The zero-order chi connectivity index (χ0) is 18.3. The number of rotatable bonds is 4. The van der Waals surface area contributed by atoms with Gasteiger partial charge in [0.15, 0.2) is 0 Å². The summed E-state index contributed by atoms with van der Waals surface area (Å²) in [7, 11) is 0. The van der Waals surface area contributed by atoms with Gasteiger partial charge in [-0.2, -0.15) is 0 Å². The number of hydrogen-bond acceptors (Lipinski definition) is 3. The normalized spacial score (nSPS) is 11.5. The first-order chi connectivity index (χ1) is 12.5. The van der Waals surface area contributed by atoms with Crippen molar-refractivity contribution in [2.75, 3.05) is 6.54 Å².